The number of carbonyl (C=O) groups is 2. The number of para-hydroxylation sites is 1. The summed E-state index contributed by atoms with van der Waals surface area (Å²) >= 11 is 0. The third-order valence-corrected chi connectivity index (χ3v) is 5.95. The van der Waals surface area contributed by atoms with Crippen molar-refractivity contribution in [2.24, 2.45) is 5.92 Å². The van der Waals surface area contributed by atoms with E-state index in [1.807, 2.05) is 24.3 Å². The lowest BCUT2D eigenvalue weighted by Crippen LogP contribution is -2.55. The fourth-order valence-electron chi connectivity index (χ4n) is 4.42. The van der Waals surface area contributed by atoms with Crippen LogP contribution in [0.4, 0.5) is 0 Å². The largest absolute Gasteiger partial charge is 0.481 e. The highest BCUT2D eigenvalue weighted by Crippen LogP contribution is 2.43. The number of amides is 1. The Morgan fingerprint density at radius 1 is 1.32 bits per heavy atom. The Bertz CT molecular complexity index is 787. The predicted molar refractivity (Wildman–Crippen MR) is 92.0 cm³/mol. The average molecular weight is 342 g/mol. The van der Waals surface area contributed by atoms with Gasteiger partial charge < -0.3 is 14.4 Å². The minimum absolute atomic E-state index is 0.0573. The molecule has 3 heterocycles. The molecule has 0 aliphatic carbocycles. The molecule has 0 saturated carbocycles. The Kier molecular flexibility index (Phi) is 3.80. The number of benzene rings is 1. The summed E-state index contributed by atoms with van der Waals surface area (Å²) in [6.45, 7) is 2.23. The Balaban J connectivity index is 1.47. The van der Waals surface area contributed by atoms with Gasteiger partial charge in [0, 0.05) is 31.9 Å². The molecule has 4 rings (SSSR count). The first-order valence-electron chi connectivity index (χ1n) is 8.69. The highest BCUT2D eigenvalue weighted by molar-refractivity contribution is 5.88. The number of hydrogen-bond acceptors (Lipinski definition) is 4. The molecule has 2 fully saturated rings. The van der Waals surface area contributed by atoms with E-state index in [-0.39, 0.29) is 12.3 Å². The standard InChI is InChI=1S/C19H22N2O4/c1-20-17(22)11-15(18(23)24)19(20)6-8-21(9-7-19)12-14-10-13-4-2-3-5-16(13)25-14/h2-5,10,15H,6-9,11-12H2,1H3,(H,23,24)/t15-/m1/s1. The van der Waals surface area contributed by atoms with Gasteiger partial charge in [0.25, 0.3) is 0 Å². The number of nitrogens with zero attached hydrogens (tertiary/aromatic N) is 2. The third kappa shape index (κ3) is 2.61. The quantitative estimate of drug-likeness (QED) is 0.927. The Hall–Kier alpha value is -2.34. The number of carbonyl (C=O) groups excluding carboxylic acids is 1. The van der Waals surface area contributed by atoms with Crippen LogP contribution >= 0.6 is 0 Å². The molecule has 2 aliphatic heterocycles. The Morgan fingerprint density at radius 3 is 2.72 bits per heavy atom. The lowest BCUT2D eigenvalue weighted by molar-refractivity contribution is -0.146. The molecule has 2 aliphatic rings. The number of piperidine rings is 1. The van der Waals surface area contributed by atoms with Crippen LogP contribution in [-0.4, -0.2) is 52.5 Å². The molecule has 0 unspecified atom stereocenters. The van der Waals surface area contributed by atoms with Crippen molar-refractivity contribution in [3.63, 3.8) is 0 Å². The molecule has 0 radical (unpaired) electrons. The van der Waals surface area contributed by atoms with Crippen LogP contribution in [-0.2, 0) is 16.1 Å². The first kappa shape index (κ1) is 16.1. The zero-order chi connectivity index (χ0) is 17.6. The second-order valence-electron chi connectivity index (χ2n) is 7.18. The molecule has 1 spiro atoms. The van der Waals surface area contributed by atoms with E-state index in [0.717, 1.165) is 29.8 Å². The summed E-state index contributed by atoms with van der Waals surface area (Å²) in [5.41, 5.74) is 0.353. The number of hydrogen-bond donors (Lipinski definition) is 1. The number of rotatable bonds is 3. The lowest BCUT2D eigenvalue weighted by atomic mass is 9.77. The van der Waals surface area contributed by atoms with Crippen LogP contribution in [0.3, 0.4) is 0 Å². The van der Waals surface area contributed by atoms with Gasteiger partial charge in [-0.1, -0.05) is 18.2 Å². The third-order valence-electron chi connectivity index (χ3n) is 5.95. The van der Waals surface area contributed by atoms with Crippen LogP contribution in [0.2, 0.25) is 0 Å². The number of likely N-dealkylation sites (tertiary alicyclic amines) is 2. The van der Waals surface area contributed by atoms with E-state index in [0.29, 0.717) is 19.4 Å². The minimum atomic E-state index is -0.858. The van der Waals surface area contributed by atoms with Gasteiger partial charge in [-0.15, -0.1) is 0 Å². The van der Waals surface area contributed by atoms with Crippen molar-refractivity contribution in [1.29, 1.82) is 0 Å². The van der Waals surface area contributed by atoms with E-state index in [1.54, 1.807) is 11.9 Å². The van der Waals surface area contributed by atoms with E-state index in [9.17, 15) is 14.7 Å². The van der Waals surface area contributed by atoms with Gasteiger partial charge in [-0.2, -0.15) is 0 Å². The number of carboxylic acids is 1. The van der Waals surface area contributed by atoms with E-state index >= 15 is 0 Å². The summed E-state index contributed by atoms with van der Waals surface area (Å²) < 4.78 is 5.88. The summed E-state index contributed by atoms with van der Waals surface area (Å²) in [7, 11) is 1.75. The number of furan rings is 1. The molecule has 132 valence electrons. The van der Waals surface area contributed by atoms with Gasteiger partial charge in [0.2, 0.25) is 5.91 Å². The summed E-state index contributed by atoms with van der Waals surface area (Å²) in [5.74, 6) is -0.595. The smallest absolute Gasteiger partial charge is 0.309 e. The van der Waals surface area contributed by atoms with Crippen molar-refractivity contribution in [2.75, 3.05) is 20.1 Å². The second kappa shape index (κ2) is 5.88. The predicted octanol–water partition coefficient (Wildman–Crippen LogP) is 2.33. The molecule has 2 saturated heterocycles. The molecular weight excluding hydrogens is 320 g/mol. The van der Waals surface area contributed by atoms with Gasteiger partial charge in [0.15, 0.2) is 0 Å². The van der Waals surface area contributed by atoms with Gasteiger partial charge in [-0.25, -0.2) is 0 Å². The normalized spacial score (nSPS) is 23.6. The van der Waals surface area contributed by atoms with Crippen molar-refractivity contribution < 1.29 is 19.1 Å². The van der Waals surface area contributed by atoms with Gasteiger partial charge >= 0.3 is 5.97 Å². The summed E-state index contributed by atoms with van der Waals surface area (Å²) in [6, 6.07) is 10.0. The fraction of sp³-hybridized carbons (Fsp3) is 0.474. The van der Waals surface area contributed by atoms with Gasteiger partial charge in [0.05, 0.1) is 18.0 Å². The molecule has 1 amide bonds. The van der Waals surface area contributed by atoms with Crippen LogP contribution in [0.25, 0.3) is 11.0 Å². The van der Waals surface area contributed by atoms with Crippen LogP contribution in [0.5, 0.6) is 0 Å². The summed E-state index contributed by atoms with van der Waals surface area (Å²) in [4.78, 5) is 27.7. The Morgan fingerprint density at radius 2 is 2.04 bits per heavy atom. The molecule has 1 atom stereocenters. The summed E-state index contributed by atoms with van der Waals surface area (Å²) in [5, 5.41) is 10.6. The molecule has 1 N–H and O–H groups in total. The van der Waals surface area contributed by atoms with E-state index in [1.165, 1.54) is 0 Å². The van der Waals surface area contributed by atoms with Gasteiger partial charge in [0.1, 0.15) is 11.3 Å². The topological polar surface area (TPSA) is 74.0 Å². The van der Waals surface area contributed by atoms with Gasteiger partial charge in [-0.05, 0) is 25.0 Å². The zero-order valence-electron chi connectivity index (χ0n) is 14.3. The first-order valence-corrected chi connectivity index (χ1v) is 8.69. The monoisotopic (exact) mass is 342 g/mol. The lowest BCUT2D eigenvalue weighted by Gasteiger charge is -2.45. The van der Waals surface area contributed by atoms with Crippen LogP contribution < -0.4 is 0 Å². The van der Waals surface area contributed by atoms with Crippen molar-refractivity contribution in [2.45, 2.75) is 31.3 Å². The van der Waals surface area contributed by atoms with E-state index in [2.05, 4.69) is 11.0 Å². The van der Waals surface area contributed by atoms with Crippen molar-refractivity contribution in [3.8, 4) is 0 Å². The molecule has 25 heavy (non-hydrogen) atoms. The molecule has 1 aromatic carbocycles. The minimum Gasteiger partial charge on any atom is -0.481 e. The number of carboxylic acid groups (broad SMARTS) is 1. The molecule has 1 aromatic heterocycles. The van der Waals surface area contributed by atoms with Crippen molar-refractivity contribution >= 4 is 22.8 Å². The number of aliphatic carboxylic acids is 1. The maximum absolute atomic E-state index is 12.1. The fourth-order valence-corrected chi connectivity index (χ4v) is 4.42. The SMILES string of the molecule is CN1C(=O)C[C@H](C(=O)O)C12CCN(Cc1cc3ccccc3o1)CC2. The van der Waals surface area contributed by atoms with Crippen LogP contribution in [0.15, 0.2) is 34.7 Å². The van der Waals surface area contributed by atoms with Crippen LogP contribution in [0, 0.1) is 5.92 Å². The highest BCUT2D eigenvalue weighted by atomic mass is 16.4. The second-order valence-corrected chi connectivity index (χ2v) is 7.18. The molecular formula is C19H22N2O4. The zero-order valence-corrected chi connectivity index (χ0v) is 14.3. The molecule has 6 nitrogen and oxygen atoms in total. The molecule has 0 bridgehead atoms. The van der Waals surface area contributed by atoms with Crippen molar-refractivity contribution in [1.82, 2.24) is 9.80 Å². The number of fused-ring (bicyclic) bond motifs is 1. The molecule has 6 heteroatoms. The first-order chi connectivity index (χ1) is 12.0. The van der Waals surface area contributed by atoms with Crippen molar-refractivity contribution in [3.05, 3.63) is 36.1 Å². The average Bonchev–Trinajstić information content (AvgIpc) is 3.11. The van der Waals surface area contributed by atoms with Gasteiger partial charge in [-0.3, -0.25) is 14.5 Å². The summed E-state index contributed by atoms with van der Waals surface area (Å²) in [6.07, 6.45) is 1.49. The molecule has 2 aromatic rings. The highest BCUT2D eigenvalue weighted by Gasteiger charge is 2.55. The Labute approximate surface area is 146 Å². The maximum Gasteiger partial charge on any atom is 0.309 e. The van der Waals surface area contributed by atoms with E-state index in [4.69, 9.17) is 4.42 Å². The van der Waals surface area contributed by atoms with Crippen LogP contribution in [0.1, 0.15) is 25.0 Å². The van der Waals surface area contributed by atoms with E-state index < -0.39 is 17.4 Å². The maximum atomic E-state index is 12.1.